The second kappa shape index (κ2) is 8.82. The molecule has 8 nitrogen and oxygen atoms in total. The van der Waals surface area contributed by atoms with Crippen molar-refractivity contribution >= 4 is 44.3 Å². The standard InChI is InChI=1S/C24H25BrN6O2/c1-5-16(33-23(32)30-24(2,3)4)11-18-20(25)19(21-22(26)28-13-29-31(18)21)15-10-14-8-6-7-9-17(14)27-12-15/h5-10,12-13,16H,1,11H2,2-4H3,(H,30,32)(H2,26,28,29). The van der Waals surface area contributed by atoms with E-state index in [4.69, 9.17) is 10.5 Å². The molecule has 0 spiro atoms. The Morgan fingerprint density at radius 2 is 2.09 bits per heavy atom. The van der Waals surface area contributed by atoms with E-state index < -0.39 is 17.7 Å². The molecule has 3 aromatic heterocycles. The number of anilines is 1. The Bertz CT molecular complexity index is 1360. The van der Waals surface area contributed by atoms with E-state index in [1.165, 1.54) is 6.33 Å². The van der Waals surface area contributed by atoms with Gasteiger partial charge in [-0.2, -0.15) is 5.10 Å². The van der Waals surface area contributed by atoms with Crippen molar-refractivity contribution in [3.8, 4) is 11.1 Å². The van der Waals surface area contributed by atoms with Crippen LogP contribution >= 0.6 is 15.9 Å². The normalized spacial score (nSPS) is 12.6. The summed E-state index contributed by atoms with van der Waals surface area (Å²) in [5.41, 5.74) is 9.87. The molecule has 0 saturated carbocycles. The Hall–Kier alpha value is -3.46. The van der Waals surface area contributed by atoms with Crippen LogP contribution in [0.25, 0.3) is 27.5 Å². The number of nitrogens with zero attached hydrogens (tertiary/aromatic N) is 4. The molecule has 0 aliphatic heterocycles. The number of halogens is 1. The van der Waals surface area contributed by atoms with E-state index in [-0.39, 0.29) is 0 Å². The van der Waals surface area contributed by atoms with Crippen LogP contribution in [0.1, 0.15) is 26.5 Å². The molecule has 4 aromatic rings. The van der Waals surface area contributed by atoms with E-state index in [1.807, 2.05) is 45.0 Å². The molecule has 0 aliphatic carbocycles. The van der Waals surface area contributed by atoms with Crippen LogP contribution < -0.4 is 11.1 Å². The minimum atomic E-state index is -0.583. The quantitative estimate of drug-likeness (QED) is 0.370. The molecular formula is C24H25BrN6O2. The second-order valence-corrected chi connectivity index (χ2v) is 9.51. The van der Waals surface area contributed by atoms with Crippen LogP contribution in [0.15, 0.2) is 60.0 Å². The predicted molar refractivity (Wildman–Crippen MR) is 133 cm³/mol. The van der Waals surface area contributed by atoms with Gasteiger partial charge in [0.2, 0.25) is 0 Å². The molecule has 1 unspecified atom stereocenters. The van der Waals surface area contributed by atoms with Crippen molar-refractivity contribution in [2.75, 3.05) is 5.73 Å². The topological polar surface area (TPSA) is 107 Å². The Kier molecular flexibility index (Phi) is 6.07. The van der Waals surface area contributed by atoms with Gasteiger partial charge in [-0.05, 0) is 48.8 Å². The third-order valence-electron chi connectivity index (χ3n) is 5.06. The molecule has 0 bridgehead atoms. The van der Waals surface area contributed by atoms with Crippen molar-refractivity contribution in [2.45, 2.75) is 38.8 Å². The van der Waals surface area contributed by atoms with Gasteiger partial charge in [-0.25, -0.2) is 14.3 Å². The van der Waals surface area contributed by atoms with Crippen LogP contribution in [0.5, 0.6) is 0 Å². The number of nitrogen functional groups attached to an aromatic ring is 1. The Labute approximate surface area is 200 Å². The number of rotatable bonds is 5. The highest BCUT2D eigenvalue weighted by atomic mass is 79.9. The maximum absolute atomic E-state index is 12.3. The third kappa shape index (κ3) is 4.68. The van der Waals surface area contributed by atoms with Gasteiger partial charge in [-0.1, -0.05) is 30.9 Å². The summed E-state index contributed by atoms with van der Waals surface area (Å²) in [5, 5.41) is 8.22. The summed E-state index contributed by atoms with van der Waals surface area (Å²) in [6, 6.07) is 9.95. The van der Waals surface area contributed by atoms with E-state index in [0.29, 0.717) is 17.8 Å². The SMILES string of the molecule is C=CC(Cc1c(Br)c(-c2cnc3ccccc3c2)c2c(N)ncnn12)OC(=O)NC(C)(C)C. The molecule has 0 aliphatic rings. The highest BCUT2D eigenvalue weighted by molar-refractivity contribution is 9.10. The summed E-state index contributed by atoms with van der Waals surface area (Å²) in [7, 11) is 0. The molecule has 0 radical (unpaired) electrons. The fraction of sp³-hybridized carbons (Fsp3) is 0.250. The molecule has 170 valence electrons. The Morgan fingerprint density at radius 1 is 1.33 bits per heavy atom. The average Bonchev–Trinajstić information content (AvgIpc) is 3.04. The van der Waals surface area contributed by atoms with Crippen LogP contribution in [0.2, 0.25) is 0 Å². The number of fused-ring (bicyclic) bond motifs is 2. The second-order valence-electron chi connectivity index (χ2n) is 8.72. The highest BCUT2D eigenvalue weighted by Crippen LogP contribution is 2.39. The summed E-state index contributed by atoms with van der Waals surface area (Å²) in [6.07, 6.45) is 4.03. The largest absolute Gasteiger partial charge is 0.442 e. The number of alkyl carbamates (subject to hydrolysis) is 1. The van der Waals surface area contributed by atoms with E-state index in [1.54, 1.807) is 16.8 Å². The van der Waals surface area contributed by atoms with Gasteiger partial charge in [0.15, 0.2) is 5.82 Å². The van der Waals surface area contributed by atoms with Crippen LogP contribution in [0, 0.1) is 0 Å². The minimum Gasteiger partial charge on any atom is -0.442 e. The lowest BCUT2D eigenvalue weighted by Gasteiger charge is -2.22. The van der Waals surface area contributed by atoms with Gasteiger partial charge < -0.3 is 15.8 Å². The van der Waals surface area contributed by atoms with Crippen LogP contribution in [0.4, 0.5) is 10.6 Å². The first kappa shape index (κ1) is 22.7. The van der Waals surface area contributed by atoms with Crippen LogP contribution in [0.3, 0.4) is 0 Å². The number of hydrogen-bond acceptors (Lipinski definition) is 6. The Balaban J connectivity index is 1.78. The molecule has 0 saturated heterocycles. The molecule has 3 heterocycles. The molecular weight excluding hydrogens is 484 g/mol. The number of para-hydroxylation sites is 1. The molecule has 33 heavy (non-hydrogen) atoms. The average molecular weight is 509 g/mol. The van der Waals surface area contributed by atoms with Crippen LogP contribution in [-0.4, -0.2) is 37.3 Å². The highest BCUT2D eigenvalue weighted by Gasteiger charge is 2.25. The van der Waals surface area contributed by atoms with E-state index in [0.717, 1.165) is 32.2 Å². The zero-order valence-corrected chi connectivity index (χ0v) is 20.3. The number of benzene rings is 1. The van der Waals surface area contributed by atoms with Crippen molar-refractivity contribution in [1.82, 2.24) is 24.9 Å². The fourth-order valence-corrected chi connectivity index (χ4v) is 4.38. The number of carbonyl (C=O) groups is 1. The zero-order valence-electron chi connectivity index (χ0n) is 18.7. The first-order valence-corrected chi connectivity index (χ1v) is 11.2. The molecule has 1 atom stereocenters. The smallest absolute Gasteiger partial charge is 0.408 e. The minimum absolute atomic E-state index is 0.334. The van der Waals surface area contributed by atoms with Gasteiger partial charge in [-0.3, -0.25) is 4.98 Å². The molecule has 3 N–H and O–H groups in total. The fourth-order valence-electron chi connectivity index (χ4n) is 3.63. The molecule has 0 fully saturated rings. The number of hydrogen-bond donors (Lipinski definition) is 2. The summed E-state index contributed by atoms with van der Waals surface area (Å²) in [6.45, 7) is 9.50. The maximum Gasteiger partial charge on any atom is 0.408 e. The van der Waals surface area contributed by atoms with Crippen molar-refractivity contribution in [3.05, 3.63) is 65.7 Å². The third-order valence-corrected chi connectivity index (χ3v) is 5.91. The number of nitrogens with one attached hydrogen (secondary N) is 1. The summed E-state index contributed by atoms with van der Waals surface area (Å²) in [5.74, 6) is 0.335. The summed E-state index contributed by atoms with van der Waals surface area (Å²) >= 11 is 3.74. The lowest BCUT2D eigenvalue weighted by atomic mass is 10.1. The van der Waals surface area contributed by atoms with Gasteiger partial charge in [0, 0.05) is 39.1 Å². The zero-order chi connectivity index (χ0) is 23.8. The van der Waals surface area contributed by atoms with E-state index in [9.17, 15) is 4.79 Å². The first-order chi connectivity index (χ1) is 15.7. The van der Waals surface area contributed by atoms with Gasteiger partial charge in [0.1, 0.15) is 17.9 Å². The van der Waals surface area contributed by atoms with Crippen LogP contribution in [-0.2, 0) is 11.2 Å². The lowest BCUT2D eigenvalue weighted by molar-refractivity contribution is 0.111. The first-order valence-electron chi connectivity index (χ1n) is 10.4. The van der Waals surface area contributed by atoms with Gasteiger partial charge >= 0.3 is 6.09 Å². The molecule has 4 rings (SSSR count). The molecule has 9 heteroatoms. The number of amides is 1. The van der Waals surface area contributed by atoms with Gasteiger partial charge in [0.05, 0.1) is 11.2 Å². The van der Waals surface area contributed by atoms with Gasteiger partial charge in [0.25, 0.3) is 0 Å². The predicted octanol–water partition coefficient (Wildman–Crippen LogP) is 4.91. The summed E-state index contributed by atoms with van der Waals surface area (Å²) < 4.78 is 8.09. The van der Waals surface area contributed by atoms with Crippen molar-refractivity contribution in [1.29, 1.82) is 0 Å². The van der Waals surface area contributed by atoms with E-state index >= 15 is 0 Å². The number of ether oxygens (including phenoxy) is 1. The summed E-state index contributed by atoms with van der Waals surface area (Å²) in [4.78, 5) is 21.1. The molecule has 1 aromatic carbocycles. The number of nitrogens with two attached hydrogens (primary N) is 1. The maximum atomic E-state index is 12.3. The van der Waals surface area contributed by atoms with Crippen molar-refractivity contribution in [3.63, 3.8) is 0 Å². The monoisotopic (exact) mass is 508 g/mol. The number of pyridine rings is 1. The van der Waals surface area contributed by atoms with Crippen molar-refractivity contribution < 1.29 is 9.53 Å². The van der Waals surface area contributed by atoms with Crippen molar-refractivity contribution in [2.24, 2.45) is 0 Å². The van der Waals surface area contributed by atoms with Gasteiger partial charge in [-0.15, -0.1) is 0 Å². The lowest BCUT2D eigenvalue weighted by Crippen LogP contribution is -2.42. The van der Waals surface area contributed by atoms with E-state index in [2.05, 4.69) is 49.0 Å². The Morgan fingerprint density at radius 3 is 2.82 bits per heavy atom. The molecule has 1 amide bonds. The number of carbonyl (C=O) groups excluding carboxylic acids is 1. The number of aromatic nitrogens is 4.